The SMILES string of the molecule is OC1Cc2ccccc2C1C(Cc1ccccc1)C1=Cc2ccccc2C1. The maximum atomic E-state index is 11.0. The van der Waals surface area contributed by atoms with Crippen LogP contribution in [0.25, 0.3) is 6.08 Å². The van der Waals surface area contributed by atoms with Crippen molar-refractivity contribution in [1.82, 2.24) is 0 Å². The molecule has 0 bridgehead atoms. The van der Waals surface area contributed by atoms with E-state index in [9.17, 15) is 5.11 Å². The first-order chi connectivity index (χ1) is 13.3. The van der Waals surface area contributed by atoms with Crippen LogP contribution >= 0.6 is 0 Å². The summed E-state index contributed by atoms with van der Waals surface area (Å²) in [6, 6.07) is 28.0. The van der Waals surface area contributed by atoms with Crippen LogP contribution in [0.2, 0.25) is 0 Å². The molecule has 1 nitrogen and oxygen atoms in total. The molecule has 3 aromatic carbocycles. The summed E-state index contributed by atoms with van der Waals surface area (Å²) in [6.07, 6.45) is 4.80. The zero-order valence-corrected chi connectivity index (χ0v) is 15.4. The first-order valence-electron chi connectivity index (χ1n) is 9.88. The lowest BCUT2D eigenvalue weighted by molar-refractivity contribution is 0.135. The minimum absolute atomic E-state index is 0.168. The van der Waals surface area contributed by atoms with Gasteiger partial charge in [-0.05, 0) is 53.0 Å². The monoisotopic (exact) mass is 352 g/mol. The highest BCUT2D eigenvalue weighted by molar-refractivity contribution is 5.65. The molecule has 0 radical (unpaired) electrons. The van der Waals surface area contributed by atoms with Crippen molar-refractivity contribution in [2.75, 3.05) is 0 Å². The molecule has 0 spiro atoms. The van der Waals surface area contributed by atoms with Crippen molar-refractivity contribution in [3.63, 3.8) is 0 Å². The summed E-state index contributed by atoms with van der Waals surface area (Å²) in [7, 11) is 0. The summed E-state index contributed by atoms with van der Waals surface area (Å²) in [4.78, 5) is 0. The maximum Gasteiger partial charge on any atom is 0.0655 e. The number of rotatable bonds is 4. The van der Waals surface area contributed by atoms with Crippen molar-refractivity contribution >= 4 is 6.08 Å². The molecule has 134 valence electrons. The molecule has 1 N–H and O–H groups in total. The average molecular weight is 352 g/mol. The van der Waals surface area contributed by atoms with Crippen LogP contribution in [0.3, 0.4) is 0 Å². The fourth-order valence-electron chi connectivity index (χ4n) is 4.99. The Balaban J connectivity index is 1.56. The van der Waals surface area contributed by atoms with Gasteiger partial charge in [0.25, 0.3) is 0 Å². The molecule has 0 aliphatic heterocycles. The van der Waals surface area contributed by atoms with Crippen LogP contribution in [0.15, 0.2) is 84.4 Å². The van der Waals surface area contributed by atoms with E-state index in [2.05, 4.69) is 84.9 Å². The lowest BCUT2D eigenvalue weighted by Crippen LogP contribution is -2.25. The minimum Gasteiger partial charge on any atom is -0.392 e. The van der Waals surface area contributed by atoms with Gasteiger partial charge in [-0.25, -0.2) is 0 Å². The van der Waals surface area contributed by atoms with Crippen molar-refractivity contribution < 1.29 is 5.11 Å². The molecule has 27 heavy (non-hydrogen) atoms. The van der Waals surface area contributed by atoms with E-state index in [1.54, 1.807) is 0 Å². The molecule has 0 saturated heterocycles. The summed E-state index contributed by atoms with van der Waals surface area (Å²) < 4.78 is 0. The van der Waals surface area contributed by atoms with E-state index in [0.717, 1.165) is 19.3 Å². The largest absolute Gasteiger partial charge is 0.392 e. The Kier molecular flexibility index (Phi) is 4.18. The highest BCUT2D eigenvalue weighted by Gasteiger charge is 2.39. The molecule has 0 aromatic heterocycles. The number of hydrogen-bond donors (Lipinski definition) is 1. The maximum absolute atomic E-state index is 11.0. The molecular weight excluding hydrogens is 328 g/mol. The second-order valence-corrected chi connectivity index (χ2v) is 7.89. The Bertz CT molecular complexity index is 986. The number of fused-ring (bicyclic) bond motifs is 2. The topological polar surface area (TPSA) is 20.2 Å². The Hall–Kier alpha value is -2.64. The van der Waals surface area contributed by atoms with Crippen molar-refractivity contribution in [3.8, 4) is 0 Å². The second-order valence-electron chi connectivity index (χ2n) is 7.89. The predicted molar refractivity (Wildman–Crippen MR) is 111 cm³/mol. The summed E-state index contributed by atoms with van der Waals surface area (Å²) >= 11 is 0. The smallest absolute Gasteiger partial charge is 0.0655 e. The zero-order chi connectivity index (χ0) is 18.2. The number of aliphatic hydroxyl groups is 1. The third kappa shape index (κ3) is 3.02. The molecule has 5 rings (SSSR count). The van der Waals surface area contributed by atoms with E-state index in [0.29, 0.717) is 5.92 Å². The van der Waals surface area contributed by atoms with Crippen molar-refractivity contribution in [2.24, 2.45) is 5.92 Å². The molecule has 3 atom stereocenters. The third-order valence-electron chi connectivity index (χ3n) is 6.26. The second kappa shape index (κ2) is 6.83. The molecule has 0 saturated carbocycles. The van der Waals surface area contributed by atoms with E-state index in [1.807, 2.05) is 0 Å². The molecule has 0 amide bonds. The lowest BCUT2D eigenvalue weighted by Gasteiger charge is -2.29. The molecule has 3 aromatic rings. The van der Waals surface area contributed by atoms with E-state index in [1.165, 1.54) is 33.4 Å². The normalized spacial score (nSPS) is 21.4. The Morgan fingerprint density at radius 2 is 1.52 bits per heavy atom. The zero-order valence-electron chi connectivity index (χ0n) is 15.4. The van der Waals surface area contributed by atoms with Gasteiger partial charge in [0.05, 0.1) is 6.10 Å². The number of aliphatic hydroxyl groups excluding tert-OH is 1. The molecule has 3 unspecified atom stereocenters. The van der Waals surface area contributed by atoms with Gasteiger partial charge in [-0.15, -0.1) is 0 Å². The fourth-order valence-corrected chi connectivity index (χ4v) is 4.99. The lowest BCUT2D eigenvalue weighted by atomic mass is 9.76. The van der Waals surface area contributed by atoms with E-state index < -0.39 is 0 Å². The number of allylic oxidation sites excluding steroid dienone is 1. The van der Waals surface area contributed by atoms with Gasteiger partial charge < -0.3 is 5.11 Å². The van der Waals surface area contributed by atoms with Crippen LogP contribution in [-0.4, -0.2) is 11.2 Å². The molecular formula is C26H24O. The molecule has 2 aliphatic rings. The van der Waals surface area contributed by atoms with Crippen molar-refractivity contribution in [1.29, 1.82) is 0 Å². The highest BCUT2D eigenvalue weighted by atomic mass is 16.3. The first-order valence-corrected chi connectivity index (χ1v) is 9.88. The number of benzene rings is 3. The van der Waals surface area contributed by atoms with Gasteiger partial charge in [-0.2, -0.15) is 0 Å². The summed E-state index contributed by atoms with van der Waals surface area (Å²) in [5.41, 5.74) is 8.20. The van der Waals surface area contributed by atoms with Gasteiger partial charge in [-0.3, -0.25) is 0 Å². The van der Waals surface area contributed by atoms with Gasteiger partial charge in [0.15, 0.2) is 0 Å². The van der Waals surface area contributed by atoms with Crippen LogP contribution in [0, 0.1) is 5.92 Å². The van der Waals surface area contributed by atoms with Crippen LogP contribution < -0.4 is 0 Å². The predicted octanol–water partition coefficient (Wildman–Crippen LogP) is 5.19. The standard InChI is InChI=1S/C26H24O/c27-25-17-21-12-6-7-13-23(21)26(25)24(14-18-8-2-1-3-9-18)22-15-19-10-4-5-11-20(19)16-22/h1-13,15,24-27H,14,16-17H2. The van der Waals surface area contributed by atoms with E-state index in [4.69, 9.17) is 0 Å². The van der Waals surface area contributed by atoms with Crippen LogP contribution in [0.5, 0.6) is 0 Å². The van der Waals surface area contributed by atoms with Gasteiger partial charge in [0.1, 0.15) is 0 Å². The van der Waals surface area contributed by atoms with Crippen molar-refractivity contribution in [2.45, 2.75) is 31.3 Å². The van der Waals surface area contributed by atoms with Gasteiger partial charge in [-0.1, -0.05) is 90.5 Å². The van der Waals surface area contributed by atoms with Crippen LogP contribution in [0.1, 0.15) is 33.7 Å². The van der Waals surface area contributed by atoms with Gasteiger partial charge >= 0.3 is 0 Å². The molecule has 2 aliphatic carbocycles. The summed E-state index contributed by atoms with van der Waals surface area (Å²) in [5.74, 6) is 0.486. The Morgan fingerprint density at radius 1 is 0.815 bits per heavy atom. The van der Waals surface area contributed by atoms with E-state index in [-0.39, 0.29) is 12.0 Å². The van der Waals surface area contributed by atoms with Gasteiger partial charge in [0.2, 0.25) is 0 Å². The fraction of sp³-hybridized carbons (Fsp3) is 0.231. The first kappa shape index (κ1) is 16.5. The number of hydrogen-bond acceptors (Lipinski definition) is 1. The van der Waals surface area contributed by atoms with E-state index >= 15 is 0 Å². The molecule has 1 heteroatoms. The average Bonchev–Trinajstić information content (AvgIpc) is 3.27. The van der Waals surface area contributed by atoms with Crippen LogP contribution in [0.4, 0.5) is 0 Å². The summed E-state index contributed by atoms with van der Waals surface area (Å²) in [5, 5.41) is 11.0. The molecule has 0 heterocycles. The minimum atomic E-state index is -0.305. The Labute approximate surface area is 161 Å². The van der Waals surface area contributed by atoms with Crippen molar-refractivity contribution in [3.05, 3.63) is 112 Å². The summed E-state index contributed by atoms with van der Waals surface area (Å²) in [6.45, 7) is 0. The van der Waals surface area contributed by atoms with Crippen LogP contribution in [-0.2, 0) is 19.3 Å². The Morgan fingerprint density at radius 3 is 2.33 bits per heavy atom. The third-order valence-corrected chi connectivity index (χ3v) is 6.26. The highest BCUT2D eigenvalue weighted by Crippen LogP contribution is 2.45. The quantitative estimate of drug-likeness (QED) is 0.685. The van der Waals surface area contributed by atoms with Gasteiger partial charge in [0, 0.05) is 5.92 Å². The molecule has 0 fully saturated rings.